The zero-order valence-electron chi connectivity index (χ0n) is 26.3. The number of piperidine rings is 1. The smallest absolute Gasteiger partial charge is 0.228 e. The molecule has 1 aromatic heterocycles. The van der Waals surface area contributed by atoms with Gasteiger partial charge in [-0.1, -0.05) is 25.7 Å². The number of nitrogens with one attached hydrogen (secondary N) is 2. The zero-order valence-corrected chi connectivity index (χ0v) is 26.3. The number of aromatic amines is 1. The van der Waals surface area contributed by atoms with Crippen LogP contribution in [0.4, 0.5) is 0 Å². The molecule has 6 rings (SSSR count). The molecular formula is C34H48N4O5. The highest BCUT2D eigenvalue weighted by atomic mass is 16.5. The van der Waals surface area contributed by atoms with E-state index in [1.54, 1.807) is 7.11 Å². The lowest BCUT2D eigenvalue weighted by Crippen LogP contribution is -2.66. The highest BCUT2D eigenvalue weighted by Crippen LogP contribution is 2.54. The average Bonchev–Trinajstić information content (AvgIpc) is 3.64. The maximum absolute atomic E-state index is 14.7. The van der Waals surface area contributed by atoms with Crippen molar-refractivity contribution in [3.63, 3.8) is 0 Å². The molecule has 234 valence electrons. The van der Waals surface area contributed by atoms with E-state index in [4.69, 9.17) is 9.47 Å². The summed E-state index contributed by atoms with van der Waals surface area (Å²) in [7, 11) is 1.68. The summed E-state index contributed by atoms with van der Waals surface area (Å²) in [5.41, 5.74) is 2.02. The van der Waals surface area contributed by atoms with Crippen molar-refractivity contribution in [3.05, 3.63) is 29.5 Å². The highest BCUT2D eigenvalue weighted by molar-refractivity contribution is 5.93. The molecule has 3 fully saturated rings. The number of methoxy groups -OCH3 is 1. The lowest BCUT2D eigenvalue weighted by atomic mass is 9.64. The van der Waals surface area contributed by atoms with Crippen molar-refractivity contribution in [2.75, 3.05) is 40.0 Å². The molecule has 9 nitrogen and oxygen atoms in total. The third-order valence-corrected chi connectivity index (χ3v) is 10.3. The lowest BCUT2D eigenvalue weighted by Gasteiger charge is -2.56. The fourth-order valence-electron chi connectivity index (χ4n) is 8.34. The van der Waals surface area contributed by atoms with Gasteiger partial charge in [-0.05, 0) is 76.1 Å². The summed E-state index contributed by atoms with van der Waals surface area (Å²) in [4.78, 5) is 50.1. The fourth-order valence-corrected chi connectivity index (χ4v) is 8.34. The molecule has 0 radical (unpaired) electrons. The monoisotopic (exact) mass is 592 g/mol. The Morgan fingerprint density at radius 3 is 2.58 bits per heavy atom. The molecule has 3 aliphatic heterocycles. The topological polar surface area (TPSA) is 104 Å². The number of carbonyl (C=O) groups excluding carboxylic acids is 3. The van der Waals surface area contributed by atoms with Gasteiger partial charge < -0.3 is 29.6 Å². The number of hydrogen-bond acceptors (Lipinski definition) is 5. The maximum atomic E-state index is 14.7. The van der Waals surface area contributed by atoms with Gasteiger partial charge in [-0.15, -0.1) is 0 Å². The van der Waals surface area contributed by atoms with Gasteiger partial charge in [0.25, 0.3) is 0 Å². The predicted molar refractivity (Wildman–Crippen MR) is 165 cm³/mol. The van der Waals surface area contributed by atoms with Crippen molar-refractivity contribution in [3.8, 4) is 5.75 Å². The van der Waals surface area contributed by atoms with Gasteiger partial charge in [0, 0.05) is 54.1 Å². The number of amides is 3. The zero-order chi connectivity index (χ0) is 30.4. The molecule has 1 aliphatic carbocycles. The van der Waals surface area contributed by atoms with E-state index in [-0.39, 0.29) is 24.1 Å². The molecule has 4 aliphatic rings. The molecule has 3 amide bonds. The van der Waals surface area contributed by atoms with E-state index in [1.165, 1.54) is 31.2 Å². The largest absolute Gasteiger partial charge is 0.497 e. The Labute approximate surface area is 255 Å². The van der Waals surface area contributed by atoms with E-state index < -0.39 is 22.9 Å². The molecule has 1 aromatic carbocycles. The van der Waals surface area contributed by atoms with E-state index in [1.807, 2.05) is 42.7 Å². The third kappa shape index (κ3) is 5.65. The summed E-state index contributed by atoms with van der Waals surface area (Å²) in [6, 6.07) is 6.08. The summed E-state index contributed by atoms with van der Waals surface area (Å²) in [6.07, 6.45) is 7.78. The number of benzene rings is 1. The first-order chi connectivity index (χ1) is 20.6. The molecule has 2 aromatic rings. The Morgan fingerprint density at radius 1 is 1.14 bits per heavy atom. The predicted octanol–water partition coefficient (Wildman–Crippen LogP) is 4.53. The Kier molecular flexibility index (Phi) is 8.22. The fraction of sp³-hybridized carbons (Fsp3) is 0.676. The Bertz CT molecular complexity index is 1370. The normalized spacial score (nSPS) is 26.4. The van der Waals surface area contributed by atoms with Gasteiger partial charge in [0.15, 0.2) is 0 Å². The molecular weight excluding hydrogens is 544 g/mol. The van der Waals surface area contributed by atoms with Crippen molar-refractivity contribution in [2.45, 2.75) is 89.6 Å². The maximum Gasteiger partial charge on any atom is 0.228 e. The van der Waals surface area contributed by atoms with Gasteiger partial charge in [0.05, 0.1) is 31.8 Å². The van der Waals surface area contributed by atoms with Crippen molar-refractivity contribution in [2.24, 2.45) is 17.8 Å². The molecule has 1 unspecified atom stereocenters. The van der Waals surface area contributed by atoms with Gasteiger partial charge in [-0.2, -0.15) is 0 Å². The summed E-state index contributed by atoms with van der Waals surface area (Å²) in [5, 5.41) is 4.15. The molecule has 3 atom stereocenters. The minimum Gasteiger partial charge on any atom is -0.497 e. The molecule has 1 saturated carbocycles. The standard InChI is InChI=1S/C34H48N4O5/c1-33(2,3)36-29(39)20-23-19-27(32(41)37-15-17-43-18-16-37)34(13-11-22-7-5-6-8-22)30-25(12-14-38(34)31(23)40)26-21-24(42-4)9-10-28(26)35-30/h9-10,21-23,27,35H,5-8,11-20H2,1-4H3,(H,36,39)/t23?,27-,34+/m1/s1. The van der Waals surface area contributed by atoms with Crippen molar-refractivity contribution in [1.29, 1.82) is 0 Å². The van der Waals surface area contributed by atoms with Crippen molar-refractivity contribution >= 4 is 28.6 Å². The van der Waals surface area contributed by atoms with Gasteiger partial charge in [-0.3, -0.25) is 14.4 Å². The van der Waals surface area contributed by atoms with Gasteiger partial charge in [0.2, 0.25) is 17.7 Å². The van der Waals surface area contributed by atoms with Crippen molar-refractivity contribution < 1.29 is 23.9 Å². The van der Waals surface area contributed by atoms with Crippen LogP contribution >= 0.6 is 0 Å². The number of H-pyrrole nitrogens is 1. The van der Waals surface area contributed by atoms with E-state index in [9.17, 15) is 14.4 Å². The number of carbonyl (C=O) groups is 3. The van der Waals surface area contributed by atoms with Crippen LogP contribution in [0.2, 0.25) is 0 Å². The molecule has 43 heavy (non-hydrogen) atoms. The van der Waals surface area contributed by atoms with Gasteiger partial charge in [-0.25, -0.2) is 0 Å². The van der Waals surface area contributed by atoms with E-state index in [2.05, 4.69) is 16.4 Å². The SMILES string of the molecule is COc1ccc2[nH]c3c(c2c1)CCN1C(=O)C(CC(=O)NC(C)(C)C)C[C@H](C(=O)N2CCOCC2)[C@@]31CCC1CCCC1. The van der Waals surface area contributed by atoms with Crippen molar-refractivity contribution in [1.82, 2.24) is 20.1 Å². The van der Waals surface area contributed by atoms with Crippen LogP contribution in [-0.2, 0) is 31.1 Å². The Hall–Kier alpha value is -3.07. The number of rotatable bonds is 7. The first-order valence-corrected chi connectivity index (χ1v) is 16.3. The van der Waals surface area contributed by atoms with Crippen LogP contribution in [0, 0.1) is 17.8 Å². The first kappa shape index (κ1) is 30.0. The minimum atomic E-state index is -0.786. The molecule has 0 spiro atoms. The number of hydrogen-bond donors (Lipinski definition) is 2. The lowest BCUT2D eigenvalue weighted by molar-refractivity contribution is -0.169. The Morgan fingerprint density at radius 2 is 1.88 bits per heavy atom. The molecule has 2 saturated heterocycles. The number of ether oxygens (including phenoxy) is 2. The second kappa shape index (κ2) is 11.8. The van der Waals surface area contributed by atoms with E-state index >= 15 is 0 Å². The van der Waals surface area contributed by atoms with Crippen LogP contribution in [0.15, 0.2) is 18.2 Å². The minimum absolute atomic E-state index is 0.00314. The Balaban J connectivity index is 1.47. The van der Waals surface area contributed by atoms with Crippen LogP contribution in [0.1, 0.15) is 83.4 Å². The van der Waals surface area contributed by atoms with Crippen LogP contribution < -0.4 is 10.1 Å². The molecule has 0 bridgehead atoms. The van der Waals surface area contributed by atoms with Crippen LogP contribution in [0.3, 0.4) is 0 Å². The number of aromatic nitrogens is 1. The van der Waals surface area contributed by atoms with Crippen LogP contribution in [-0.4, -0.2) is 78.0 Å². The summed E-state index contributed by atoms with van der Waals surface area (Å²) >= 11 is 0. The molecule has 9 heteroatoms. The van der Waals surface area contributed by atoms with Gasteiger partial charge in [0.1, 0.15) is 5.75 Å². The van der Waals surface area contributed by atoms with Gasteiger partial charge >= 0.3 is 0 Å². The van der Waals surface area contributed by atoms with Crippen LogP contribution in [0.5, 0.6) is 5.75 Å². The second-order valence-electron chi connectivity index (χ2n) is 14.2. The number of morpholine rings is 1. The second-order valence-corrected chi connectivity index (χ2v) is 14.2. The first-order valence-electron chi connectivity index (χ1n) is 16.3. The van der Waals surface area contributed by atoms with Crippen LogP contribution in [0.25, 0.3) is 10.9 Å². The third-order valence-electron chi connectivity index (χ3n) is 10.3. The molecule has 4 heterocycles. The average molecular weight is 593 g/mol. The summed E-state index contributed by atoms with van der Waals surface area (Å²) in [6.45, 7) is 8.51. The summed E-state index contributed by atoms with van der Waals surface area (Å²) in [5.74, 6) is 0.352. The number of nitrogens with zero attached hydrogens (tertiary/aromatic N) is 2. The summed E-state index contributed by atoms with van der Waals surface area (Å²) < 4.78 is 11.2. The highest BCUT2D eigenvalue weighted by Gasteiger charge is 2.59. The van der Waals surface area contributed by atoms with E-state index in [0.717, 1.165) is 35.2 Å². The van der Waals surface area contributed by atoms with E-state index in [0.29, 0.717) is 51.6 Å². The number of fused-ring (bicyclic) bond motifs is 5. The molecule has 2 N–H and O–H groups in total. The quantitative estimate of drug-likeness (QED) is 0.492.